The molecule has 5 nitrogen and oxygen atoms in total. The highest BCUT2D eigenvalue weighted by atomic mass is 16.5. The fourth-order valence-electron chi connectivity index (χ4n) is 1.75. The van der Waals surface area contributed by atoms with Crippen LogP contribution in [0.5, 0.6) is 11.5 Å². The van der Waals surface area contributed by atoms with Crippen LogP contribution in [-0.4, -0.2) is 19.0 Å². The SMILES string of the molecule is COc1ccc(C(=O)Oc2ccc(C=COC(C)=O)cc2)cc1. The molecule has 0 radical (unpaired) electrons. The van der Waals surface area contributed by atoms with Crippen LogP contribution in [0.3, 0.4) is 0 Å². The van der Waals surface area contributed by atoms with Crippen molar-refractivity contribution in [3.8, 4) is 11.5 Å². The molecule has 0 fully saturated rings. The van der Waals surface area contributed by atoms with Crippen LogP contribution in [0, 0.1) is 0 Å². The number of methoxy groups -OCH3 is 1. The molecule has 2 aromatic carbocycles. The summed E-state index contributed by atoms with van der Waals surface area (Å²) in [5.41, 5.74) is 1.25. The van der Waals surface area contributed by atoms with Gasteiger partial charge in [0.25, 0.3) is 0 Å². The van der Waals surface area contributed by atoms with Crippen LogP contribution in [0.1, 0.15) is 22.8 Å². The van der Waals surface area contributed by atoms with Gasteiger partial charge in [-0.1, -0.05) is 12.1 Å². The molecule has 0 saturated carbocycles. The zero-order valence-corrected chi connectivity index (χ0v) is 12.8. The summed E-state index contributed by atoms with van der Waals surface area (Å²) in [5.74, 6) is 0.267. The maximum absolute atomic E-state index is 12.0. The number of ether oxygens (including phenoxy) is 3. The molecule has 0 saturated heterocycles. The topological polar surface area (TPSA) is 61.8 Å². The second kappa shape index (κ2) is 7.79. The third kappa shape index (κ3) is 5.00. The van der Waals surface area contributed by atoms with Crippen molar-refractivity contribution in [2.24, 2.45) is 0 Å². The summed E-state index contributed by atoms with van der Waals surface area (Å²) in [5, 5.41) is 0. The maximum atomic E-state index is 12.0. The Kier molecular flexibility index (Phi) is 5.52. The highest BCUT2D eigenvalue weighted by molar-refractivity contribution is 5.91. The van der Waals surface area contributed by atoms with E-state index in [0.29, 0.717) is 17.1 Å². The zero-order valence-electron chi connectivity index (χ0n) is 12.8. The van der Waals surface area contributed by atoms with Crippen LogP contribution in [0.15, 0.2) is 54.8 Å². The lowest BCUT2D eigenvalue weighted by Crippen LogP contribution is -2.08. The van der Waals surface area contributed by atoms with Crippen molar-refractivity contribution < 1.29 is 23.8 Å². The molecule has 0 aliphatic heterocycles. The molecule has 2 aromatic rings. The monoisotopic (exact) mass is 312 g/mol. The standard InChI is InChI=1S/C18H16O5/c1-13(19)22-12-11-14-3-7-17(8-4-14)23-18(20)15-5-9-16(21-2)10-6-15/h3-12H,1-2H3. The van der Waals surface area contributed by atoms with E-state index in [0.717, 1.165) is 5.56 Å². The van der Waals surface area contributed by atoms with Crippen LogP contribution in [0.4, 0.5) is 0 Å². The fourth-order valence-corrected chi connectivity index (χ4v) is 1.75. The molecule has 0 unspecified atom stereocenters. The van der Waals surface area contributed by atoms with Gasteiger partial charge in [-0.05, 0) is 48.0 Å². The van der Waals surface area contributed by atoms with E-state index < -0.39 is 5.97 Å². The molecule has 0 amide bonds. The number of carbonyl (C=O) groups is 2. The van der Waals surface area contributed by atoms with Crippen molar-refractivity contribution in [3.05, 3.63) is 65.9 Å². The summed E-state index contributed by atoms with van der Waals surface area (Å²) in [6, 6.07) is 13.5. The average Bonchev–Trinajstić information content (AvgIpc) is 2.56. The number of carbonyl (C=O) groups excluding carboxylic acids is 2. The summed E-state index contributed by atoms with van der Waals surface area (Å²) in [6.07, 6.45) is 2.94. The normalized spacial score (nSPS) is 10.3. The van der Waals surface area contributed by atoms with Crippen molar-refractivity contribution in [3.63, 3.8) is 0 Å². The Morgan fingerprint density at radius 2 is 1.52 bits per heavy atom. The van der Waals surface area contributed by atoms with Crippen molar-refractivity contribution in [2.45, 2.75) is 6.92 Å². The predicted octanol–water partition coefficient (Wildman–Crippen LogP) is 3.45. The molecule has 0 spiro atoms. The molecular weight excluding hydrogens is 296 g/mol. The zero-order chi connectivity index (χ0) is 16.7. The molecular formula is C18H16O5. The second-order valence-electron chi connectivity index (χ2n) is 4.60. The van der Waals surface area contributed by atoms with Gasteiger partial charge in [-0.2, -0.15) is 0 Å². The molecule has 0 aliphatic carbocycles. The van der Waals surface area contributed by atoms with Gasteiger partial charge in [0.2, 0.25) is 0 Å². The van der Waals surface area contributed by atoms with Gasteiger partial charge in [-0.15, -0.1) is 0 Å². The first kappa shape index (κ1) is 16.3. The van der Waals surface area contributed by atoms with Crippen LogP contribution in [-0.2, 0) is 9.53 Å². The first-order chi connectivity index (χ1) is 11.1. The van der Waals surface area contributed by atoms with Gasteiger partial charge in [0.15, 0.2) is 0 Å². The Labute approximate surface area is 134 Å². The fraction of sp³-hybridized carbons (Fsp3) is 0.111. The van der Waals surface area contributed by atoms with Gasteiger partial charge >= 0.3 is 11.9 Å². The van der Waals surface area contributed by atoms with E-state index >= 15 is 0 Å². The van der Waals surface area contributed by atoms with Gasteiger partial charge in [-0.25, -0.2) is 4.79 Å². The van der Waals surface area contributed by atoms with E-state index in [1.54, 1.807) is 61.7 Å². The first-order valence-electron chi connectivity index (χ1n) is 6.88. The quantitative estimate of drug-likeness (QED) is 0.481. The van der Waals surface area contributed by atoms with E-state index in [2.05, 4.69) is 0 Å². The number of hydrogen-bond donors (Lipinski definition) is 0. The van der Waals surface area contributed by atoms with Gasteiger partial charge in [0.05, 0.1) is 18.9 Å². The Morgan fingerprint density at radius 3 is 2.09 bits per heavy atom. The molecule has 0 N–H and O–H groups in total. The Bertz CT molecular complexity index is 699. The second-order valence-corrected chi connectivity index (χ2v) is 4.60. The van der Waals surface area contributed by atoms with Gasteiger partial charge in [-0.3, -0.25) is 4.79 Å². The summed E-state index contributed by atoms with van der Waals surface area (Å²) in [4.78, 5) is 22.7. The molecule has 0 aliphatic rings. The molecule has 0 heterocycles. The Hall–Kier alpha value is -3.08. The molecule has 5 heteroatoms. The summed E-state index contributed by atoms with van der Waals surface area (Å²) < 4.78 is 15.0. The first-order valence-corrected chi connectivity index (χ1v) is 6.88. The average molecular weight is 312 g/mol. The minimum absolute atomic E-state index is 0.383. The number of hydrogen-bond acceptors (Lipinski definition) is 5. The summed E-state index contributed by atoms with van der Waals surface area (Å²) in [7, 11) is 1.56. The van der Waals surface area contributed by atoms with Crippen LogP contribution < -0.4 is 9.47 Å². The predicted molar refractivity (Wildman–Crippen MR) is 85.2 cm³/mol. The van der Waals surface area contributed by atoms with E-state index in [1.165, 1.54) is 13.2 Å². The van der Waals surface area contributed by atoms with Crippen LogP contribution >= 0.6 is 0 Å². The molecule has 0 atom stereocenters. The lowest BCUT2D eigenvalue weighted by Gasteiger charge is -2.05. The van der Waals surface area contributed by atoms with Gasteiger partial charge in [0.1, 0.15) is 11.5 Å². The summed E-state index contributed by atoms with van der Waals surface area (Å²) >= 11 is 0. The summed E-state index contributed by atoms with van der Waals surface area (Å²) in [6.45, 7) is 1.33. The number of rotatable bonds is 5. The lowest BCUT2D eigenvalue weighted by molar-refractivity contribution is -0.135. The molecule has 23 heavy (non-hydrogen) atoms. The van der Waals surface area contributed by atoms with Crippen molar-refractivity contribution in [1.82, 2.24) is 0 Å². The van der Waals surface area contributed by atoms with E-state index in [-0.39, 0.29) is 5.97 Å². The van der Waals surface area contributed by atoms with E-state index in [4.69, 9.17) is 14.2 Å². The largest absolute Gasteiger partial charge is 0.497 e. The molecule has 0 aromatic heterocycles. The van der Waals surface area contributed by atoms with Crippen molar-refractivity contribution in [1.29, 1.82) is 0 Å². The number of benzene rings is 2. The number of esters is 2. The molecule has 118 valence electrons. The minimum atomic E-state index is -0.448. The molecule has 0 bridgehead atoms. The maximum Gasteiger partial charge on any atom is 0.343 e. The van der Waals surface area contributed by atoms with Gasteiger partial charge in [0, 0.05) is 6.92 Å². The minimum Gasteiger partial charge on any atom is -0.497 e. The Balaban J connectivity index is 1.98. The van der Waals surface area contributed by atoms with Crippen LogP contribution in [0.2, 0.25) is 0 Å². The van der Waals surface area contributed by atoms with E-state index in [1.807, 2.05) is 0 Å². The van der Waals surface area contributed by atoms with Crippen LogP contribution in [0.25, 0.3) is 6.08 Å². The van der Waals surface area contributed by atoms with E-state index in [9.17, 15) is 9.59 Å². The third-order valence-electron chi connectivity index (χ3n) is 2.91. The Morgan fingerprint density at radius 1 is 0.913 bits per heavy atom. The third-order valence-corrected chi connectivity index (χ3v) is 2.91. The van der Waals surface area contributed by atoms with Gasteiger partial charge < -0.3 is 14.2 Å². The highest BCUT2D eigenvalue weighted by Crippen LogP contribution is 2.17. The highest BCUT2D eigenvalue weighted by Gasteiger charge is 2.08. The lowest BCUT2D eigenvalue weighted by atomic mass is 10.2. The van der Waals surface area contributed by atoms with Crippen molar-refractivity contribution in [2.75, 3.05) is 7.11 Å². The van der Waals surface area contributed by atoms with Crippen molar-refractivity contribution >= 4 is 18.0 Å². The molecule has 2 rings (SSSR count). The smallest absolute Gasteiger partial charge is 0.343 e.